The Morgan fingerprint density at radius 1 is 1.17 bits per heavy atom. The highest BCUT2D eigenvalue weighted by atomic mass is 16.8. The van der Waals surface area contributed by atoms with Crippen LogP contribution in [0.1, 0.15) is 24.7 Å². The van der Waals surface area contributed by atoms with Crippen LogP contribution in [0, 0.1) is 0 Å². The molecule has 2 aliphatic rings. The Labute approximate surface area is 141 Å². The Bertz CT molecular complexity index is 520. The maximum atomic E-state index is 10.4. The van der Waals surface area contributed by atoms with Gasteiger partial charge >= 0.3 is 0 Å². The highest BCUT2D eigenvalue weighted by Gasteiger charge is 2.49. The number of unbranched alkanes of at least 4 members (excludes halogenated alkanes) is 1. The van der Waals surface area contributed by atoms with Gasteiger partial charge in [-0.1, -0.05) is 36.4 Å². The number of benzene rings is 1. The van der Waals surface area contributed by atoms with Crippen LogP contribution in [0.25, 0.3) is 0 Å². The molecule has 0 saturated carbocycles. The minimum Gasteiger partial charge on any atom is -0.387 e. The lowest BCUT2D eigenvalue weighted by atomic mass is 9.98. The van der Waals surface area contributed by atoms with E-state index in [1.54, 1.807) is 6.08 Å². The maximum Gasteiger partial charge on any atom is 0.186 e. The van der Waals surface area contributed by atoms with E-state index in [0.717, 1.165) is 18.4 Å². The standard InChI is InChI=1S/C18H24O6/c1-2-3-7-10-21-18-15(20)14(19)16-13(23-18)11-22-17(24-16)12-8-5-4-6-9-12/h2,4-6,8-9,13-20H,1,3,7,10-11H2/t13-,14-,15-,16-,17-,18-/m1/s1. The molecule has 2 heterocycles. The molecule has 132 valence electrons. The minimum absolute atomic E-state index is 0.264. The third-order valence-corrected chi connectivity index (χ3v) is 4.24. The first-order valence-corrected chi connectivity index (χ1v) is 8.27. The van der Waals surface area contributed by atoms with Gasteiger partial charge in [0.05, 0.1) is 13.2 Å². The van der Waals surface area contributed by atoms with Crippen molar-refractivity contribution >= 4 is 0 Å². The van der Waals surface area contributed by atoms with Crippen LogP contribution >= 0.6 is 0 Å². The molecule has 2 saturated heterocycles. The van der Waals surface area contributed by atoms with Crippen molar-refractivity contribution < 1.29 is 29.2 Å². The van der Waals surface area contributed by atoms with Crippen molar-refractivity contribution in [2.24, 2.45) is 0 Å². The molecule has 0 unspecified atom stereocenters. The molecule has 3 rings (SSSR count). The number of hydrogen-bond acceptors (Lipinski definition) is 6. The van der Waals surface area contributed by atoms with E-state index in [2.05, 4.69) is 6.58 Å². The molecule has 6 atom stereocenters. The predicted molar refractivity (Wildman–Crippen MR) is 86.1 cm³/mol. The molecular weight excluding hydrogens is 312 g/mol. The summed E-state index contributed by atoms with van der Waals surface area (Å²) in [6.07, 6.45) is -1.45. The smallest absolute Gasteiger partial charge is 0.186 e. The zero-order valence-electron chi connectivity index (χ0n) is 13.5. The Kier molecular flexibility index (Phi) is 5.99. The second-order valence-corrected chi connectivity index (χ2v) is 6.00. The summed E-state index contributed by atoms with van der Waals surface area (Å²) in [4.78, 5) is 0. The SMILES string of the molecule is C=CCCCO[C@@H]1O[C@@H]2CO[C@@H](c3ccccc3)O[C@H]2[C@H](O)[C@H]1O. The number of aliphatic hydroxyl groups is 2. The van der Waals surface area contributed by atoms with E-state index >= 15 is 0 Å². The number of rotatable bonds is 6. The number of ether oxygens (including phenoxy) is 4. The molecule has 1 aromatic carbocycles. The third kappa shape index (κ3) is 3.85. The van der Waals surface area contributed by atoms with E-state index in [9.17, 15) is 10.2 Å². The first kappa shape index (κ1) is 17.5. The average molecular weight is 336 g/mol. The van der Waals surface area contributed by atoms with Crippen LogP contribution in [0.3, 0.4) is 0 Å². The number of aliphatic hydroxyl groups excluding tert-OH is 2. The third-order valence-electron chi connectivity index (χ3n) is 4.24. The van der Waals surface area contributed by atoms with E-state index in [1.165, 1.54) is 0 Å². The molecule has 24 heavy (non-hydrogen) atoms. The van der Waals surface area contributed by atoms with Crippen molar-refractivity contribution in [1.29, 1.82) is 0 Å². The molecule has 2 fully saturated rings. The van der Waals surface area contributed by atoms with Crippen molar-refractivity contribution in [1.82, 2.24) is 0 Å². The molecule has 1 aromatic rings. The van der Waals surface area contributed by atoms with Crippen molar-refractivity contribution in [2.45, 2.75) is 49.8 Å². The van der Waals surface area contributed by atoms with Crippen LogP contribution < -0.4 is 0 Å². The molecular formula is C18H24O6. The van der Waals surface area contributed by atoms with Crippen LogP contribution in [-0.2, 0) is 18.9 Å². The van der Waals surface area contributed by atoms with E-state index in [1.807, 2.05) is 30.3 Å². The summed E-state index contributed by atoms with van der Waals surface area (Å²) < 4.78 is 22.8. The Balaban J connectivity index is 1.60. The topological polar surface area (TPSA) is 77.4 Å². The highest BCUT2D eigenvalue weighted by molar-refractivity contribution is 5.16. The van der Waals surface area contributed by atoms with Gasteiger partial charge in [-0.3, -0.25) is 0 Å². The normalized spacial score (nSPS) is 36.1. The average Bonchev–Trinajstić information content (AvgIpc) is 2.63. The Morgan fingerprint density at radius 2 is 1.96 bits per heavy atom. The molecule has 0 aliphatic carbocycles. The first-order valence-electron chi connectivity index (χ1n) is 8.27. The Morgan fingerprint density at radius 3 is 2.71 bits per heavy atom. The van der Waals surface area contributed by atoms with Crippen molar-refractivity contribution in [3.05, 3.63) is 48.6 Å². The summed E-state index contributed by atoms with van der Waals surface area (Å²) in [5.41, 5.74) is 0.862. The fourth-order valence-electron chi connectivity index (χ4n) is 2.92. The van der Waals surface area contributed by atoms with Gasteiger partial charge in [-0.2, -0.15) is 0 Å². The quantitative estimate of drug-likeness (QED) is 0.606. The molecule has 6 heteroatoms. The number of hydrogen-bond donors (Lipinski definition) is 2. The number of fused-ring (bicyclic) bond motifs is 1. The van der Waals surface area contributed by atoms with Crippen LogP contribution in [0.15, 0.2) is 43.0 Å². The summed E-state index contributed by atoms with van der Waals surface area (Å²) in [7, 11) is 0. The lowest BCUT2D eigenvalue weighted by molar-refractivity contribution is -0.361. The van der Waals surface area contributed by atoms with Gasteiger partial charge in [0.1, 0.15) is 24.4 Å². The van der Waals surface area contributed by atoms with Gasteiger partial charge in [0.25, 0.3) is 0 Å². The van der Waals surface area contributed by atoms with E-state index in [-0.39, 0.29) is 6.61 Å². The van der Waals surface area contributed by atoms with Gasteiger partial charge in [-0.15, -0.1) is 6.58 Å². The Hall–Kier alpha value is -1.28. The zero-order valence-corrected chi connectivity index (χ0v) is 13.5. The molecule has 6 nitrogen and oxygen atoms in total. The van der Waals surface area contributed by atoms with Crippen molar-refractivity contribution in [3.8, 4) is 0 Å². The van der Waals surface area contributed by atoms with Gasteiger partial charge in [0.2, 0.25) is 0 Å². The van der Waals surface area contributed by atoms with E-state index < -0.39 is 37.0 Å². The maximum absolute atomic E-state index is 10.4. The minimum atomic E-state index is -1.16. The lowest BCUT2D eigenvalue weighted by Crippen LogP contribution is -2.62. The molecule has 0 aromatic heterocycles. The molecule has 0 bridgehead atoms. The highest BCUT2D eigenvalue weighted by Crippen LogP contribution is 2.34. The predicted octanol–water partition coefficient (Wildman–Crippen LogP) is 1.53. The zero-order chi connectivity index (χ0) is 16.9. The summed E-state index contributed by atoms with van der Waals surface area (Å²) in [6, 6.07) is 9.48. The van der Waals surface area contributed by atoms with Crippen LogP contribution in [0.4, 0.5) is 0 Å². The van der Waals surface area contributed by atoms with Crippen molar-refractivity contribution in [3.63, 3.8) is 0 Å². The summed E-state index contributed by atoms with van der Waals surface area (Å²) in [6.45, 7) is 4.34. The van der Waals surface area contributed by atoms with E-state index in [0.29, 0.717) is 6.61 Å². The fraction of sp³-hybridized carbons (Fsp3) is 0.556. The van der Waals surface area contributed by atoms with Gasteiger partial charge in [-0.25, -0.2) is 0 Å². The first-order chi connectivity index (χ1) is 11.7. The van der Waals surface area contributed by atoms with Gasteiger partial charge in [0, 0.05) is 5.56 Å². The fourth-order valence-corrected chi connectivity index (χ4v) is 2.92. The molecule has 0 spiro atoms. The van der Waals surface area contributed by atoms with Crippen LogP contribution in [0.2, 0.25) is 0 Å². The van der Waals surface area contributed by atoms with Gasteiger partial charge in [0.15, 0.2) is 12.6 Å². The molecule has 0 amide bonds. The van der Waals surface area contributed by atoms with Crippen LogP contribution in [-0.4, -0.2) is 54.1 Å². The largest absolute Gasteiger partial charge is 0.387 e. The van der Waals surface area contributed by atoms with Crippen molar-refractivity contribution in [2.75, 3.05) is 13.2 Å². The van der Waals surface area contributed by atoms with Gasteiger partial charge < -0.3 is 29.2 Å². The lowest BCUT2D eigenvalue weighted by Gasteiger charge is -2.46. The van der Waals surface area contributed by atoms with E-state index in [4.69, 9.17) is 18.9 Å². The molecule has 2 N–H and O–H groups in total. The number of allylic oxidation sites excluding steroid dienone is 1. The molecule has 2 aliphatic heterocycles. The summed E-state index contributed by atoms with van der Waals surface area (Å²) in [5, 5.41) is 20.7. The molecule has 0 radical (unpaired) electrons. The summed E-state index contributed by atoms with van der Waals surface area (Å²) in [5.74, 6) is 0. The van der Waals surface area contributed by atoms with Crippen LogP contribution in [0.5, 0.6) is 0 Å². The second-order valence-electron chi connectivity index (χ2n) is 6.00. The summed E-state index contributed by atoms with van der Waals surface area (Å²) >= 11 is 0. The second kappa shape index (κ2) is 8.20. The van der Waals surface area contributed by atoms with Gasteiger partial charge in [-0.05, 0) is 12.8 Å². The monoisotopic (exact) mass is 336 g/mol.